The Labute approximate surface area is 149 Å². The smallest absolute Gasteiger partial charge is 0.359 e. The topological polar surface area (TPSA) is 103 Å². The fourth-order valence-corrected chi connectivity index (χ4v) is 2.43. The number of aromatic nitrogens is 2. The van der Waals surface area contributed by atoms with Gasteiger partial charge in [0.25, 0.3) is 5.91 Å². The molecule has 0 aliphatic carbocycles. The van der Waals surface area contributed by atoms with Gasteiger partial charge in [-0.25, -0.2) is 4.79 Å². The lowest BCUT2D eigenvalue weighted by molar-refractivity contribution is -0.119. The number of rotatable bonds is 6. The number of carbonyl (C=O) groups excluding carboxylic acids is 2. The van der Waals surface area contributed by atoms with Crippen molar-refractivity contribution in [3.63, 3.8) is 0 Å². The molecule has 0 radical (unpaired) electrons. The molecule has 8 nitrogen and oxygen atoms in total. The SMILES string of the molecule is COc1ccc(NC(=O)COC(=O)c2n[nH]c3ccccc23)cc1OC. The van der Waals surface area contributed by atoms with Crippen molar-refractivity contribution >= 4 is 28.5 Å². The quantitative estimate of drug-likeness (QED) is 0.658. The van der Waals surface area contributed by atoms with Crippen LogP contribution in [0.2, 0.25) is 0 Å². The normalized spacial score (nSPS) is 10.4. The standard InChI is InChI=1S/C18H17N3O5/c1-24-14-8-7-11(9-15(14)25-2)19-16(22)10-26-18(23)17-12-5-3-4-6-13(12)20-21-17/h3-9H,10H2,1-2H3,(H,19,22)(H,20,21). The van der Waals surface area contributed by atoms with Crippen molar-refractivity contribution < 1.29 is 23.8 Å². The number of H-pyrrole nitrogens is 1. The summed E-state index contributed by atoms with van der Waals surface area (Å²) in [5.41, 5.74) is 1.35. The minimum atomic E-state index is -0.676. The van der Waals surface area contributed by atoms with E-state index in [1.807, 2.05) is 6.07 Å². The highest BCUT2D eigenvalue weighted by atomic mass is 16.5. The summed E-state index contributed by atoms with van der Waals surface area (Å²) >= 11 is 0. The van der Waals surface area contributed by atoms with Crippen LogP contribution in [0.3, 0.4) is 0 Å². The van der Waals surface area contributed by atoms with Crippen molar-refractivity contribution in [1.82, 2.24) is 10.2 Å². The van der Waals surface area contributed by atoms with Crippen molar-refractivity contribution in [2.24, 2.45) is 0 Å². The number of nitrogens with one attached hydrogen (secondary N) is 2. The summed E-state index contributed by atoms with van der Waals surface area (Å²) in [5.74, 6) is -0.136. The lowest BCUT2D eigenvalue weighted by atomic mass is 10.2. The molecule has 3 rings (SSSR count). The number of hydrogen-bond acceptors (Lipinski definition) is 6. The number of fused-ring (bicyclic) bond motifs is 1. The van der Waals surface area contributed by atoms with Gasteiger partial charge >= 0.3 is 5.97 Å². The van der Waals surface area contributed by atoms with Gasteiger partial charge in [0.05, 0.1) is 19.7 Å². The molecule has 0 aliphatic rings. The number of benzene rings is 2. The Bertz CT molecular complexity index is 951. The lowest BCUT2D eigenvalue weighted by Crippen LogP contribution is -2.21. The van der Waals surface area contributed by atoms with E-state index in [4.69, 9.17) is 14.2 Å². The van der Waals surface area contributed by atoms with Crippen LogP contribution in [0.15, 0.2) is 42.5 Å². The molecule has 26 heavy (non-hydrogen) atoms. The first-order valence-electron chi connectivity index (χ1n) is 7.74. The summed E-state index contributed by atoms with van der Waals surface area (Å²) in [5, 5.41) is 9.94. The highest BCUT2D eigenvalue weighted by molar-refractivity contribution is 6.03. The first kappa shape index (κ1) is 17.3. The van der Waals surface area contributed by atoms with Gasteiger partial charge in [-0.1, -0.05) is 18.2 Å². The predicted molar refractivity (Wildman–Crippen MR) is 94.6 cm³/mol. The van der Waals surface area contributed by atoms with Crippen molar-refractivity contribution in [2.75, 3.05) is 26.1 Å². The molecule has 0 fully saturated rings. The van der Waals surface area contributed by atoms with Crippen LogP contribution in [0.25, 0.3) is 10.9 Å². The number of ether oxygens (including phenoxy) is 3. The third kappa shape index (κ3) is 3.59. The summed E-state index contributed by atoms with van der Waals surface area (Å²) in [6.07, 6.45) is 0. The maximum Gasteiger partial charge on any atom is 0.359 e. The minimum absolute atomic E-state index is 0.138. The van der Waals surface area contributed by atoms with Crippen LogP contribution in [0.1, 0.15) is 10.5 Å². The molecule has 0 saturated carbocycles. The van der Waals surface area contributed by atoms with E-state index in [0.29, 0.717) is 28.1 Å². The zero-order valence-corrected chi connectivity index (χ0v) is 14.2. The molecule has 2 N–H and O–H groups in total. The highest BCUT2D eigenvalue weighted by Crippen LogP contribution is 2.29. The molecule has 2 aromatic carbocycles. The first-order chi connectivity index (χ1) is 12.6. The second-order valence-corrected chi connectivity index (χ2v) is 5.31. The van der Waals surface area contributed by atoms with Crippen molar-refractivity contribution in [3.8, 4) is 11.5 Å². The van der Waals surface area contributed by atoms with E-state index in [2.05, 4.69) is 15.5 Å². The fraction of sp³-hybridized carbons (Fsp3) is 0.167. The van der Waals surface area contributed by atoms with Crippen molar-refractivity contribution in [1.29, 1.82) is 0 Å². The molecular weight excluding hydrogens is 338 g/mol. The Kier molecular flexibility index (Phi) is 5.02. The van der Waals surface area contributed by atoms with Gasteiger partial charge in [-0.3, -0.25) is 9.89 Å². The average Bonchev–Trinajstić information content (AvgIpc) is 3.10. The third-order valence-corrected chi connectivity index (χ3v) is 3.67. The zero-order valence-electron chi connectivity index (χ0n) is 14.2. The molecule has 1 aromatic heterocycles. The van der Waals surface area contributed by atoms with Gasteiger partial charge < -0.3 is 19.5 Å². The molecule has 0 unspecified atom stereocenters. The molecular formula is C18H17N3O5. The van der Waals surface area contributed by atoms with Crippen LogP contribution in [0, 0.1) is 0 Å². The molecule has 0 atom stereocenters. The first-order valence-corrected chi connectivity index (χ1v) is 7.74. The second-order valence-electron chi connectivity index (χ2n) is 5.31. The van der Waals surface area contributed by atoms with Gasteiger partial charge in [-0.15, -0.1) is 0 Å². The molecule has 0 aliphatic heterocycles. The number of amides is 1. The van der Waals surface area contributed by atoms with E-state index in [-0.39, 0.29) is 5.69 Å². The third-order valence-electron chi connectivity index (χ3n) is 3.67. The number of nitrogens with zero attached hydrogens (tertiary/aromatic N) is 1. The van der Waals surface area contributed by atoms with Crippen LogP contribution < -0.4 is 14.8 Å². The van der Waals surface area contributed by atoms with Gasteiger partial charge in [-0.05, 0) is 18.2 Å². The number of carbonyl (C=O) groups is 2. The Morgan fingerprint density at radius 3 is 2.62 bits per heavy atom. The fourth-order valence-electron chi connectivity index (χ4n) is 2.43. The van der Waals surface area contributed by atoms with E-state index in [1.165, 1.54) is 14.2 Å². The number of esters is 1. The second kappa shape index (κ2) is 7.56. The van der Waals surface area contributed by atoms with E-state index in [0.717, 1.165) is 0 Å². The van der Waals surface area contributed by atoms with Gasteiger partial charge in [0.1, 0.15) is 0 Å². The van der Waals surface area contributed by atoms with E-state index < -0.39 is 18.5 Å². The summed E-state index contributed by atoms with van der Waals surface area (Å²) < 4.78 is 15.3. The predicted octanol–water partition coefficient (Wildman–Crippen LogP) is 2.38. The Hall–Kier alpha value is -3.55. The van der Waals surface area contributed by atoms with Crippen LogP contribution in [0.4, 0.5) is 5.69 Å². The lowest BCUT2D eigenvalue weighted by Gasteiger charge is -2.10. The van der Waals surface area contributed by atoms with Crippen molar-refractivity contribution in [2.45, 2.75) is 0 Å². The monoisotopic (exact) mass is 355 g/mol. The maximum absolute atomic E-state index is 12.1. The number of hydrogen-bond donors (Lipinski definition) is 2. The molecule has 8 heteroatoms. The molecule has 3 aromatic rings. The van der Waals surface area contributed by atoms with Gasteiger partial charge in [0.2, 0.25) is 0 Å². The van der Waals surface area contributed by atoms with Gasteiger partial charge in [0, 0.05) is 17.1 Å². The minimum Gasteiger partial charge on any atom is -0.493 e. The Morgan fingerprint density at radius 1 is 1.08 bits per heavy atom. The van der Waals surface area contributed by atoms with Crippen LogP contribution >= 0.6 is 0 Å². The summed E-state index contributed by atoms with van der Waals surface area (Å²) in [6, 6.07) is 12.1. The van der Waals surface area contributed by atoms with Gasteiger partial charge in [0.15, 0.2) is 23.8 Å². The van der Waals surface area contributed by atoms with E-state index in [9.17, 15) is 9.59 Å². The van der Waals surface area contributed by atoms with Crippen LogP contribution in [-0.4, -0.2) is 42.9 Å². The van der Waals surface area contributed by atoms with Crippen LogP contribution in [0.5, 0.6) is 11.5 Å². The molecule has 0 saturated heterocycles. The van der Waals surface area contributed by atoms with Crippen LogP contribution in [-0.2, 0) is 9.53 Å². The number of methoxy groups -OCH3 is 2. The van der Waals surface area contributed by atoms with Gasteiger partial charge in [-0.2, -0.15) is 5.10 Å². The number of anilines is 1. The van der Waals surface area contributed by atoms with Crippen molar-refractivity contribution in [3.05, 3.63) is 48.2 Å². The largest absolute Gasteiger partial charge is 0.493 e. The highest BCUT2D eigenvalue weighted by Gasteiger charge is 2.17. The maximum atomic E-state index is 12.1. The average molecular weight is 355 g/mol. The Morgan fingerprint density at radius 2 is 1.85 bits per heavy atom. The molecule has 1 heterocycles. The summed E-state index contributed by atoms with van der Waals surface area (Å²) in [4.78, 5) is 24.2. The summed E-state index contributed by atoms with van der Waals surface area (Å²) in [7, 11) is 3.02. The Balaban J connectivity index is 1.61. The molecule has 1 amide bonds. The zero-order chi connectivity index (χ0) is 18.5. The molecule has 0 spiro atoms. The van der Waals surface area contributed by atoms with E-state index >= 15 is 0 Å². The number of aromatic amines is 1. The summed E-state index contributed by atoms with van der Waals surface area (Å²) in [6.45, 7) is -0.436. The number of para-hydroxylation sites is 1. The molecule has 134 valence electrons. The van der Waals surface area contributed by atoms with E-state index in [1.54, 1.807) is 36.4 Å². The molecule has 0 bridgehead atoms.